The van der Waals surface area contributed by atoms with E-state index in [0.717, 1.165) is 18.5 Å². The molecule has 0 saturated heterocycles. The van der Waals surface area contributed by atoms with Gasteiger partial charge in [0, 0.05) is 23.5 Å². The first kappa shape index (κ1) is 21.5. The number of benzene rings is 2. The Kier molecular flexibility index (Phi) is 9.19. The average Bonchev–Trinajstić information content (AvgIpc) is 2.61. The molecule has 3 amide bonds. The van der Waals surface area contributed by atoms with Crippen LogP contribution in [0.5, 0.6) is 0 Å². The summed E-state index contributed by atoms with van der Waals surface area (Å²) in [6, 6.07) is 14.1. The molecule has 0 atom stereocenters. The minimum absolute atomic E-state index is 0. The van der Waals surface area contributed by atoms with Crippen molar-refractivity contribution < 1.29 is 9.59 Å². The number of carbonyl (C=O) groups excluding carboxylic acids is 2. The third kappa shape index (κ3) is 6.74. The molecule has 0 heterocycles. The Labute approximate surface area is 160 Å². The molecule has 0 spiro atoms. The number of hydrogen-bond acceptors (Lipinski definition) is 3. The number of halogens is 1. The van der Waals surface area contributed by atoms with Gasteiger partial charge in [0.25, 0.3) is 5.91 Å². The monoisotopic (exact) mass is 376 g/mol. The summed E-state index contributed by atoms with van der Waals surface area (Å²) in [7, 11) is 1.88. The molecule has 2 rings (SSSR count). The van der Waals surface area contributed by atoms with Gasteiger partial charge in [0.15, 0.2) is 0 Å². The van der Waals surface area contributed by atoms with E-state index in [1.807, 2.05) is 50.4 Å². The minimum Gasteiger partial charge on any atom is -0.352 e. The maximum atomic E-state index is 12.2. The summed E-state index contributed by atoms with van der Waals surface area (Å²) in [6.07, 6.45) is 0.860. The molecule has 0 aromatic heterocycles. The van der Waals surface area contributed by atoms with E-state index in [0.29, 0.717) is 23.5 Å². The average molecular weight is 377 g/mol. The predicted molar refractivity (Wildman–Crippen MR) is 108 cm³/mol. The lowest BCUT2D eigenvalue weighted by molar-refractivity contribution is 0.0953. The number of nitrogens with one attached hydrogen (secondary N) is 4. The van der Waals surface area contributed by atoms with Gasteiger partial charge in [-0.2, -0.15) is 0 Å². The van der Waals surface area contributed by atoms with Crippen molar-refractivity contribution in [1.29, 1.82) is 0 Å². The maximum Gasteiger partial charge on any atom is 0.323 e. The van der Waals surface area contributed by atoms with Crippen LogP contribution in [0.4, 0.5) is 16.2 Å². The Balaban J connectivity index is 0.00000338. The van der Waals surface area contributed by atoms with Crippen LogP contribution >= 0.6 is 12.4 Å². The number of para-hydroxylation sites is 1. The molecule has 0 fully saturated rings. The van der Waals surface area contributed by atoms with Crippen LogP contribution in [0.3, 0.4) is 0 Å². The second kappa shape index (κ2) is 11.1. The highest BCUT2D eigenvalue weighted by molar-refractivity contribution is 6.02. The van der Waals surface area contributed by atoms with Crippen LogP contribution in [-0.2, 0) is 0 Å². The molecule has 0 bridgehead atoms. The van der Waals surface area contributed by atoms with E-state index < -0.39 is 0 Å². The number of carbonyl (C=O) groups is 2. The maximum absolute atomic E-state index is 12.2. The van der Waals surface area contributed by atoms with E-state index in [9.17, 15) is 9.59 Å². The summed E-state index contributed by atoms with van der Waals surface area (Å²) >= 11 is 0. The molecule has 0 aliphatic rings. The summed E-state index contributed by atoms with van der Waals surface area (Å²) in [5.74, 6) is -0.150. The molecule has 6 nitrogen and oxygen atoms in total. The summed E-state index contributed by atoms with van der Waals surface area (Å²) < 4.78 is 0. The number of rotatable bonds is 7. The zero-order valence-corrected chi connectivity index (χ0v) is 15.8. The molecule has 7 heteroatoms. The number of amides is 3. The van der Waals surface area contributed by atoms with Gasteiger partial charge in [-0.1, -0.05) is 24.3 Å². The summed E-state index contributed by atoms with van der Waals surface area (Å²) in [6.45, 7) is 3.33. The number of hydrogen-bond donors (Lipinski definition) is 4. The standard InChI is InChI=1S/C19H24N4O2.ClH/c1-14-9-10-15(18(24)21-12-6-11-20-2)13-17(14)23-19(25)22-16-7-4-3-5-8-16;/h3-5,7-10,13,20H,6,11-12H2,1-2H3,(H,21,24)(H2,22,23,25);1H. The van der Waals surface area contributed by atoms with E-state index in [1.165, 1.54) is 0 Å². The molecular weight excluding hydrogens is 352 g/mol. The molecule has 0 saturated carbocycles. The topological polar surface area (TPSA) is 82.3 Å². The largest absolute Gasteiger partial charge is 0.352 e. The molecule has 2 aromatic rings. The van der Waals surface area contributed by atoms with Gasteiger partial charge in [-0.25, -0.2) is 4.79 Å². The molecular formula is C19H25ClN4O2. The predicted octanol–water partition coefficient (Wildman–Crippen LogP) is 3.40. The van der Waals surface area contributed by atoms with E-state index >= 15 is 0 Å². The van der Waals surface area contributed by atoms with Crippen LogP contribution in [0, 0.1) is 6.92 Å². The van der Waals surface area contributed by atoms with Gasteiger partial charge in [-0.3, -0.25) is 4.79 Å². The fourth-order valence-corrected chi connectivity index (χ4v) is 2.27. The van der Waals surface area contributed by atoms with Crippen LogP contribution in [-0.4, -0.2) is 32.1 Å². The van der Waals surface area contributed by atoms with Crippen molar-refractivity contribution in [2.75, 3.05) is 30.8 Å². The molecule has 26 heavy (non-hydrogen) atoms. The molecule has 0 radical (unpaired) electrons. The number of urea groups is 1. The highest BCUT2D eigenvalue weighted by atomic mass is 35.5. The highest BCUT2D eigenvalue weighted by Gasteiger charge is 2.10. The van der Waals surface area contributed by atoms with Crippen molar-refractivity contribution in [3.63, 3.8) is 0 Å². The zero-order valence-electron chi connectivity index (χ0n) is 15.0. The lowest BCUT2D eigenvalue weighted by atomic mass is 10.1. The Morgan fingerprint density at radius 1 is 0.962 bits per heavy atom. The van der Waals surface area contributed by atoms with E-state index in [1.54, 1.807) is 12.1 Å². The van der Waals surface area contributed by atoms with Crippen molar-refractivity contribution in [3.05, 3.63) is 59.7 Å². The van der Waals surface area contributed by atoms with Crippen LogP contribution in [0.25, 0.3) is 0 Å². The molecule has 140 valence electrons. The molecule has 2 aromatic carbocycles. The first-order valence-electron chi connectivity index (χ1n) is 8.26. The normalized spacial score (nSPS) is 9.77. The smallest absolute Gasteiger partial charge is 0.323 e. The fourth-order valence-electron chi connectivity index (χ4n) is 2.27. The number of aryl methyl sites for hydroxylation is 1. The third-order valence-electron chi connectivity index (χ3n) is 3.67. The van der Waals surface area contributed by atoms with Crippen molar-refractivity contribution in [3.8, 4) is 0 Å². The Morgan fingerprint density at radius 2 is 1.69 bits per heavy atom. The Morgan fingerprint density at radius 3 is 2.38 bits per heavy atom. The quantitative estimate of drug-likeness (QED) is 0.559. The number of anilines is 2. The summed E-state index contributed by atoms with van der Waals surface area (Å²) in [5, 5.41) is 11.4. The Bertz CT molecular complexity index is 723. The van der Waals surface area contributed by atoms with Crippen molar-refractivity contribution >= 4 is 35.7 Å². The van der Waals surface area contributed by atoms with Crippen molar-refractivity contribution in [2.45, 2.75) is 13.3 Å². The van der Waals surface area contributed by atoms with Gasteiger partial charge in [0.05, 0.1) is 0 Å². The molecule has 0 unspecified atom stereocenters. The fraction of sp³-hybridized carbons (Fsp3) is 0.263. The summed E-state index contributed by atoms with van der Waals surface area (Å²) in [5.41, 5.74) is 2.72. The first-order chi connectivity index (χ1) is 12.1. The van der Waals surface area contributed by atoms with Crippen molar-refractivity contribution in [2.24, 2.45) is 0 Å². The molecule has 4 N–H and O–H groups in total. The molecule has 0 aliphatic carbocycles. The SMILES string of the molecule is CNCCCNC(=O)c1ccc(C)c(NC(=O)Nc2ccccc2)c1.Cl. The van der Waals surface area contributed by atoms with Crippen LogP contribution in [0.1, 0.15) is 22.3 Å². The third-order valence-corrected chi connectivity index (χ3v) is 3.67. The second-order valence-electron chi connectivity index (χ2n) is 5.69. The highest BCUT2D eigenvalue weighted by Crippen LogP contribution is 2.17. The zero-order chi connectivity index (χ0) is 18.1. The van der Waals surface area contributed by atoms with Gasteiger partial charge in [0.2, 0.25) is 0 Å². The van der Waals surface area contributed by atoms with Gasteiger partial charge in [-0.05, 0) is 56.8 Å². The van der Waals surface area contributed by atoms with Gasteiger partial charge < -0.3 is 21.3 Å². The van der Waals surface area contributed by atoms with E-state index in [4.69, 9.17) is 0 Å². The lowest BCUT2D eigenvalue weighted by Crippen LogP contribution is -2.27. The summed E-state index contributed by atoms with van der Waals surface area (Å²) in [4.78, 5) is 24.3. The van der Waals surface area contributed by atoms with Crippen LogP contribution in [0.15, 0.2) is 48.5 Å². The molecule has 0 aliphatic heterocycles. The Hall–Kier alpha value is -2.57. The van der Waals surface area contributed by atoms with Crippen molar-refractivity contribution in [1.82, 2.24) is 10.6 Å². The minimum atomic E-state index is -0.346. The second-order valence-corrected chi connectivity index (χ2v) is 5.69. The van der Waals surface area contributed by atoms with Gasteiger partial charge in [-0.15, -0.1) is 12.4 Å². The first-order valence-corrected chi connectivity index (χ1v) is 8.26. The van der Waals surface area contributed by atoms with Gasteiger partial charge in [0.1, 0.15) is 0 Å². The van der Waals surface area contributed by atoms with Crippen LogP contribution < -0.4 is 21.3 Å². The van der Waals surface area contributed by atoms with Crippen LogP contribution in [0.2, 0.25) is 0 Å². The lowest BCUT2D eigenvalue weighted by Gasteiger charge is -2.12. The van der Waals surface area contributed by atoms with Gasteiger partial charge >= 0.3 is 6.03 Å². The van der Waals surface area contributed by atoms with E-state index in [2.05, 4.69) is 21.3 Å². The van der Waals surface area contributed by atoms with E-state index in [-0.39, 0.29) is 24.3 Å².